The fourth-order valence-corrected chi connectivity index (χ4v) is 5.26. The molecule has 0 saturated carbocycles. The van der Waals surface area contributed by atoms with Crippen LogP contribution in [-0.2, 0) is 14.8 Å². The van der Waals surface area contributed by atoms with Crippen molar-refractivity contribution < 1.29 is 13.2 Å². The Bertz CT molecular complexity index is 1040. The van der Waals surface area contributed by atoms with Gasteiger partial charge in [0.2, 0.25) is 0 Å². The van der Waals surface area contributed by atoms with E-state index in [2.05, 4.69) is 0 Å². The second kappa shape index (κ2) is 6.56. The van der Waals surface area contributed by atoms with Crippen molar-refractivity contribution in [2.75, 3.05) is 13.2 Å². The predicted molar refractivity (Wildman–Crippen MR) is 103 cm³/mol. The highest BCUT2D eigenvalue weighted by atomic mass is 32.2. The maximum atomic E-state index is 13.5. The standard InChI is InChI=1S/C21H23NO3S/c1-15-4-7-19(8-5-15)26(23,24)22-20-13-16(2)3-6-18(20)14-21(22)17-9-11-25-12-10-17/h3-8,13-14,17H,9-12H2,1-2H3. The number of nitrogens with zero attached hydrogens (tertiary/aromatic N) is 1. The van der Waals surface area contributed by atoms with Crippen molar-refractivity contribution in [3.05, 3.63) is 65.4 Å². The van der Waals surface area contributed by atoms with Crippen LogP contribution in [0.1, 0.15) is 35.6 Å². The van der Waals surface area contributed by atoms with Gasteiger partial charge < -0.3 is 4.74 Å². The van der Waals surface area contributed by atoms with Gasteiger partial charge in [-0.2, -0.15) is 0 Å². The number of aromatic nitrogens is 1. The van der Waals surface area contributed by atoms with Crippen LogP contribution >= 0.6 is 0 Å². The van der Waals surface area contributed by atoms with Gasteiger partial charge in [0, 0.05) is 30.2 Å². The Morgan fingerprint density at radius 1 is 0.923 bits per heavy atom. The molecule has 1 fully saturated rings. The van der Waals surface area contributed by atoms with Gasteiger partial charge >= 0.3 is 0 Å². The average Bonchev–Trinajstić information content (AvgIpc) is 3.02. The largest absolute Gasteiger partial charge is 0.381 e. The first-order valence-corrected chi connectivity index (χ1v) is 10.4. The molecule has 0 N–H and O–H groups in total. The number of rotatable bonds is 3. The van der Waals surface area contributed by atoms with Crippen LogP contribution in [0.3, 0.4) is 0 Å². The minimum atomic E-state index is -3.66. The smallest absolute Gasteiger partial charge is 0.268 e. The van der Waals surface area contributed by atoms with E-state index in [-0.39, 0.29) is 5.92 Å². The molecular weight excluding hydrogens is 346 g/mol. The quantitative estimate of drug-likeness (QED) is 0.688. The molecule has 0 spiro atoms. The molecule has 2 heterocycles. The van der Waals surface area contributed by atoms with Crippen LogP contribution in [0.5, 0.6) is 0 Å². The van der Waals surface area contributed by atoms with E-state index >= 15 is 0 Å². The number of fused-ring (bicyclic) bond motifs is 1. The van der Waals surface area contributed by atoms with E-state index in [1.54, 1.807) is 16.1 Å². The molecular formula is C21H23NO3S. The zero-order valence-electron chi connectivity index (χ0n) is 15.1. The van der Waals surface area contributed by atoms with E-state index in [1.165, 1.54) is 0 Å². The van der Waals surface area contributed by atoms with Crippen LogP contribution in [0.2, 0.25) is 0 Å². The van der Waals surface area contributed by atoms with Gasteiger partial charge in [0.05, 0.1) is 10.4 Å². The molecule has 1 saturated heterocycles. The summed E-state index contributed by atoms with van der Waals surface area (Å²) in [5, 5.41) is 0.966. The highest BCUT2D eigenvalue weighted by molar-refractivity contribution is 7.90. The summed E-state index contributed by atoms with van der Waals surface area (Å²) in [6.45, 7) is 5.30. The van der Waals surface area contributed by atoms with Crippen LogP contribution < -0.4 is 0 Å². The van der Waals surface area contributed by atoms with E-state index in [0.29, 0.717) is 18.1 Å². The minimum absolute atomic E-state index is 0.191. The first-order valence-electron chi connectivity index (χ1n) is 8.99. The molecule has 0 amide bonds. The lowest BCUT2D eigenvalue weighted by molar-refractivity contribution is 0.0844. The maximum absolute atomic E-state index is 13.5. The van der Waals surface area contributed by atoms with Crippen LogP contribution in [-0.4, -0.2) is 25.6 Å². The van der Waals surface area contributed by atoms with Gasteiger partial charge in [0.15, 0.2) is 0 Å². The van der Waals surface area contributed by atoms with Crippen molar-refractivity contribution in [1.29, 1.82) is 0 Å². The van der Waals surface area contributed by atoms with Crippen LogP contribution in [0.4, 0.5) is 0 Å². The molecule has 1 aliphatic heterocycles. The van der Waals surface area contributed by atoms with Crippen molar-refractivity contribution in [2.24, 2.45) is 0 Å². The Labute approximate surface area is 154 Å². The van der Waals surface area contributed by atoms with E-state index < -0.39 is 10.0 Å². The van der Waals surface area contributed by atoms with Crippen molar-refractivity contribution in [3.8, 4) is 0 Å². The van der Waals surface area contributed by atoms with Crippen molar-refractivity contribution in [3.63, 3.8) is 0 Å². The minimum Gasteiger partial charge on any atom is -0.381 e. The zero-order chi connectivity index (χ0) is 18.3. The van der Waals surface area contributed by atoms with Gasteiger partial charge in [-0.05, 0) is 56.5 Å². The molecule has 3 aromatic rings. The number of hydrogen-bond donors (Lipinski definition) is 0. The highest BCUT2D eigenvalue weighted by Crippen LogP contribution is 2.35. The topological polar surface area (TPSA) is 48.3 Å². The second-order valence-corrected chi connectivity index (χ2v) is 8.89. The summed E-state index contributed by atoms with van der Waals surface area (Å²) < 4.78 is 34.1. The fraction of sp³-hybridized carbons (Fsp3) is 0.333. The molecule has 26 heavy (non-hydrogen) atoms. The molecule has 0 unspecified atom stereocenters. The van der Waals surface area contributed by atoms with Gasteiger partial charge in [-0.3, -0.25) is 0 Å². The number of hydrogen-bond acceptors (Lipinski definition) is 3. The van der Waals surface area contributed by atoms with E-state index in [9.17, 15) is 8.42 Å². The van der Waals surface area contributed by atoms with Crippen LogP contribution in [0, 0.1) is 13.8 Å². The second-order valence-electron chi connectivity index (χ2n) is 7.10. The summed E-state index contributed by atoms with van der Waals surface area (Å²) in [5.41, 5.74) is 3.72. The van der Waals surface area contributed by atoms with Crippen LogP contribution in [0.25, 0.3) is 10.9 Å². The van der Waals surface area contributed by atoms with Gasteiger partial charge in [0.1, 0.15) is 0 Å². The Morgan fingerprint density at radius 2 is 1.58 bits per heavy atom. The average molecular weight is 369 g/mol. The number of benzene rings is 2. The lowest BCUT2D eigenvalue weighted by Gasteiger charge is -2.24. The molecule has 4 nitrogen and oxygen atoms in total. The lowest BCUT2D eigenvalue weighted by atomic mass is 9.97. The van der Waals surface area contributed by atoms with Gasteiger partial charge in [-0.1, -0.05) is 29.8 Å². The molecule has 2 aromatic carbocycles. The van der Waals surface area contributed by atoms with Crippen molar-refractivity contribution in [2.45, 2.75) is 37.5 Å². The molecule has 1 aromatic heterocycles. The Morgan fingerprint density at radius 3 is 2.27 bits per heavy atom. The summed E-state index contributed by atoms with van der Waals surface area (Å²) in [6, 6.07) is 15.1. The SMILES string of the molecule is Cc1ccc(S(=O)(=O)n2c(C3CCOCC3)cc3ccc(C)cc32)cc1. The molecule has 0 bridgehead atoms. The zero-order valence-corrected chi connectivity index (χ0v) is 15.9. The first-order chi connectivity index (χ1) is 12.5. The molecule has 1 aliphatic rings. The number of aryl methyl sites for hydroxylation is 2. The van der Waals surface area contributed by atoms with Gasteiger partial charge in [-0.25, -0.2) is 12.4 Å². The molecule has 5 heteroatoms. The first kappa shape index (κ1) is 17.3. The Balaban J connectivity index is 1.96. The normalized spacial score (nSPS) is 16.2. The fourth-order valence-electron chi connectivity index (χ4n) is 3.67. The molecule has 0 atom stereocenters. The maximum Gasteiger partial charge on any atom is 0.268 e. The summed E-state index contributed by atoms with van der Waals surface area (Å²) in [6.07, 6.45) is 1.69. The monoisotopic (exact) mass is 369 g/mol. The predicted octanol–water partition coefficient (Wildman–Crippen LogP) is 4.39. The van der Waals surface area contributed by atoms with Crippen LogP contribution in [0.15, 0.2) is 53.4 Å². The van der Waals surface area contributed by atoms with E-state index in [1.807, 2.05) is 50.2 Å². The lowest BCUT2D eigenvalue weighted by Crippen LogP contribution is -2.21. The van der Waals surface area contributed by atoms with Crippen molar-refractivity contribution >= 4 is 20.9 Å². The van der Waals surface area contributed by atoms with Crippen molar-refractivity contribution in [1.82, 2.24) is 3.97 Å². The third-order valence-electron chi connectivity index (χ3n) is 5.14. The summed E-state index contributed by atoms with van der Waals surface area (Å²) >= 11 is 0. The Hall–Kier alpha value is -2.11. The Kier molecular flexibility index (Phi) is 4.37. The summed E-state index contributed by atoms with van der Waals surface area (Å²) in [5.74, 6) is 0.191. The number of ether oxygens (including phenoxy) is 1. The van der Waals surface area contributed by atoms with E-state index in [4.69, 9.17) is 4.74 Å². The summed E-state index contributed by atoms with van der Waals surface area (Å²) in [4.78, 5) is 0.329. The highest BCUT2D eigenvalue weighted by Gasteiger charge is 2.28. The molecule has 136 valence electrons. The van der Waals surface area contributed by atoms with Gasteiger partial charge in [-0.15, -0.1) is 0 Å². The summed E-state index contributed by atoms with van der Waals surface area (Å²) in [7, 11) is -3.66. The van der Waals surface area contributed by atoms with E-state index in [0.717, 1.165) is 40.6 Å². The third-order valence-corrected chi connectivity index (χ3v) is 6.90. The third kappa shape index (κ3) is 2.95. The molecule has 0 aliphatic carbocycles. The van der Waals surface area contributed by atoms with Gasteiger partial charge in [0.25, 0.3) is 10.0 Å². The molecule has 0 radical (unpaired) electrons. The molecule has 4 rings (SSSR count).